The average Bonchev–Trinajstić information content (AvgIpc) is 3.63. The van der Waals surface area contributed by atoms with E-state index in [0.29, 0.717) is 16.6 Å². The van der Waals surface area contributed by atoms with E-state index >= 15 is 0 Å². The van der Waals surface area contributed by atoms with Crippen molar-refractivity contribution >= 4 is 15.9 Å². The van der Waals surface area contributed by atoms with Crippen molar-refractivity contribution in [3.8, 4) is 5.75 Å². The Morgan fingerprint density at radius 1 is 1.15 bits per heavy atom. The minimum Gasteiger partial charge on any atom is -0.489 e. The van der Waals surface area contributed by atoms with Crippen molar-refractivity contribution in [2.45, 2.75) is 50.7 Å². The predicted octanol–water partition coefficient (Wildman–Crippen LogP) is 4.48. The van der Waals surface area contributed by atoms with E-state index in [2.05, 4.69) is 11.8 Å². The zero-order valence-corrected chi connectivity index (χ0v) is 20.4. The molecule has 1 saturated carbocycles. The lowest BCUT2D eigenvalue weighted by molar-refractivity contribution is 0.0649. The number of carbonyl (C=O) groups excluding carboxylic acids is 1. The minimum absolute atomic E-state index is 0.0816. The van der Waals surface area contributed by atoms with Gasteiger partial charge in [-0.25, -0.2) is 21.5 Å². The molecule has 1 heterocycles. The largest absolute Gasteiger partial charge is 0.489 e. The zero-order chi connectivity index (χ0) is 24.6. The predicted molar refractivity (Wildman–Crippen MR) is 125 cm³/mol. The fourth-order valence-electron chi connectivity index (χ4n) is 4.42. The van der Waals surface area contributed by atoms with Gasteiger partial charge in [0.25, 0.3) is 5.91 Å². The molecule has 9 heteroatoms. The van der Waals surface area contributed by atoms with Crippen molar-refractivity contribution in [1.82, 2.24) is 9.21 Å². The Bertz CT molecular complexity index is 1170. The summed E-state index contributed by atoms with van der Waals surface area (Å²) >= 11 is 0. The van der Waals surface area contributed by atoms with Crippen LogP contribution >= 0.6 is 0 Å². The number of hydrogen-bond donors (Lipinski definition) is 0. The number of carbonyl (C=O) groups is 1. The summed E-state index contributed by atoms with van der Waals surface area (Å²) in [5, 5.41) is 0. The lowest BCUT2D eigenvalue weighted by Crippen LogP contribution is -2.42. The van der Waals surface area contributed by atoms with Gasteiger partial charge >= 0.3 is 0 Å². The molecular formula is C25H30F2N2O4S. The van der Waals surface area contributed by atoms with Crippen molar-refractivity contribution in [1.29, 1.82) is 0 Å². The molecule has 184 valence electrons. The highest BCUT2D eigenvalue weighted by Gasteiger charge is 2.33. The summed E-state index contributed by atoms with van der Waals surface area (Å²) in [6.45, 7) is 3.60. The van der Waals surface area contributed by atoms with Crippen molar-refractivity contribution in [3.05, 3.63) is 64.7 Å². The van der Waals surface area contributed by atoms with Gasteiger partial charge in [-0.1, -0.05) is 12.1 Å². The van der Waals surface area contributed by atoms with Gasteiger partial charge in [-0.05, 0) is 74.4 Å². The summed E-state index contributed by atoms with van der Waals surface area (Å²) < 4.78 is 58.6. The van der Waals surface area contributed by atoms with Crippen molar-refractivity contribution < 1.29 is 26.7 Å². The van der Waals surface area contributed by atoms with Crippen LogP contribution in [0.1, 0.15) is 66.1 Å². The van der Waals surface area contributed by atoms with Gasteiger partial charge in [0.1, 0.15) is 23.5 Å². The molecule has 1 aliphatic heterocycles. The highest BCUT2D eigenvalue weighted by atomic mass is 32.2. The first-order valence-corrected chi connectivity index (χ1v) is 13.4. The first-order chi connectivity index (χ1) is 16.0. The molecule has 2 aliphatic rings. The molecule has 0 radical (unpaired) electrons. The first-order valence-electron chi connectivity index (χ1n) is 11.5. The molecule has 0 aromatic heterocycles. The van der Waals surface area contributed by atoms with Gasteiger partial charge in [-0.3, -0.25) is 9.69 Å². The van der Waals surface area contributed by atoms with E-state index in [4.69, 9.17) is 4.74 Å². The van der Waals surface area contributed by atoms with Crippen LogP contribution in [-0.4, -0.2) is 56.0 Å². The fourth-order valence-corrected chi connectivity index (χ4v) is 4.82. The van der Waals surface area contributed by atoms with Crippen LogP contribution in [0.3, 0.4) is 0 Å². The molecule has 0 unspecified atom stereocenters. The molecule has 1 saturated heterocycles. The van der Waals surface area contributed by atoms with Crippen LogP contribution in [0.4, 0.5) is 8.78 Å². The topological polar surface area (TPSA) is 66.9 Å². The van der Waals surface area contributed by atoms with Crippen LogP contribution in [0.25, 0.3) is 0 Å². The SMILES string of the molecule is C[C@@H](c1ccc(F)cc1)N1CCC[C@@H](Oc2cc(F)c(C(=O)N(C)S(C)(=O)=O)cc2C2CC2)C1. The van der Waals surface area contributed by atoms with Gasteiger partial charge in [0.05, 0.1) is 11.8 Å². The molecule has 4 rings (SSSR count). The number of likely N-dealkylation sites (tertiary alicyclic amines) is 1. The minimum atomic E-state index is -3.80. The standard InChI is InChI=1S/C25H30F2N2O4S/c1-16(17-8-10-19(26)11-9-17)29-12-4-5-20(15-29)33-24-14-23(27)22(13-21(24)18-6-7-18)25(30)28(2)34(3,31)32/h8-11,13-14,16,18,20H,4-7,12,15H2,1-3H3/t16-,20+/m0/s1. The molecule has 1 amide bonds. The Balaban J connectivity index is 1.53. The summed E-state index contributed by atoms with van der Waals surface area (Å²) in [5.41, 5.74) is 1.50. The number of rotatable bonds is 7. The Hall–Kier alpha value is -2.52. The summed E-state index contributed by atoms with van der Waals surface area (Å²) in [6.07, 6.45) is 4.30. The molecule has 2 aromatic carbocycles. The molecule has 34 heavy (non-hydrogen) atoms. The smallest absolute Gasteiger partial charge is 0.270 e. The van der Waals surface area contributed by atoms with Gasteiger partial charge in [0.2, 0.25) is 10.0 Å². The average molecular weight is 493 g/mol. The highest BCUT2D eigenvalue weighted by molar-refractivity contribution is 7.88. The van der Waals surface area contributed by atoms with E-state index in [1.165, 1.54) is 24.3 Å². The van der Waals surface area contributed by atoms with E-state index in [-0.39, 0.29) is 29.4 Å². The van der Waals surface area contributed by atoms with Crippen molar-refractivity contribution in [2.75, 3.05) is 26.4 Å². The van der Waals surface area contributed by atoms with Crippen LogP contribution in [0.15, 0.2) is 36.4 Å². The number of hydrogen-bond acceptors (Lipinski definition) is 5. The molecule has 0 N–H and O–H groups in total. The second-order valence-electron chi connectivity index (χ2n) is 9.28. The van der Waals surface area contributed by atoms with Gasteiger partial charge in [-0.2, -0.15) is 0 Å². The van der Waals surface area contributed by atoms with Crippen LogP contribution < -0.4 is 4.74 Å². The number of halogens is 2. The Kier molecular flexibility index (Phi) is 6.96. The molecule has 0 spiro atoms. The number of benzene rings is 2. The molecule has 1 aliphatic carbocycles. The van der Waals surface area contributed by atoms with E-state index in [0.717, 1.165) is 56.7 Å². The van der Waals surface area contributed by atoms with Crippen LogP contribution in [-0.2, 0) is 10.0 Å². The highest BCUT2D eigenvalue weighted by Crippen LogP contribution is 2.45. The molecule has 2 aromatic rings. The van der Waals surface area contributed by atoms with Crippen LogP contribution in [0, 0.1) is 11.6 Å². The second kappa shape index (κ2) is 9.62. The summed E-state index contributed by atoms with van der Waals surface area (Å²) in [7, 11) is -2.68. The fraction of sp³-hybridized carbons (Fsp3) is 0.480. The third-order valence-corrected chi connectivity index (χ3v) is 7.89. The molecule has 6 nitrogen and oxygen atoms in total. The maximum Gasteiger partial charge on any atom is 0.270 e. The van der Waals surface area contributed by atoms with E-state index in [1.807, 2.05) is 0 Å². The third-order valence-electron chi connectivity index (χ3n) is 6.73. The summed E-state index contributed by atoms with van der Waals surface area (Å²) in [6, 6.07) is 9.24. The lowest BCUT2D eigenvalue weighted by atomic mass is 10.0. The molecule has 0 bridgehead atoms. The monoisotopic (exact) mass is 492 g/mol. The lowest BCUT2D eigenvalue weighted by Gasteiger charge is -2.37. The number of sulfonamides is 1. The Labute approximate surface area is 199 Å². The Morgan fingerprint density at radius 2 is 1.82 bits per heavy atom. The van der Waals surface area contributed by atoms with Gasteiger partial charge in [-0.15, -0.1) is 0 Å². The summed E-state index contributed by atoms with van der Waals surface area (Å²) in [5.74, 6) is -1.38. The quantitative estimate of drug-likeness (QED) is 0.570. The van der Waals surface area contributed by atoms with E-state index in [1.54, 1.807) is 12.1 Å². The number of piperidine rings is 1. The molecule has 2 fully saturated rings. The van der Waals surface area contributed by atoms with Crippen molar-refractivity contribution in [2.24, 2.45) is 0 Å². The Morgan fingerprint density at radius 3 is 2.44 bits per heavy atom. The van der Waals surface area contributed by atoms with Crippen molar-refractivity contribution in [3.63, 3.8) is 0 Å². The first kappa shape index (κ1) is 24.6. The molecular weight excluding hydrogens is 462 g/mol. The van der Waals surface area contributed by atoms with Gasteiger partial charge in [0.15, 0.2) is 0 Å². The zero-order valence-electron chi connectivity index (χ0n) is 19.6. The van der Waals surface area contributed by atoms with Gasteiger partial charge < -0.3 is 4.74 Å². The molecule has 2 atom stereocenters. The maximum absolute atomic E-state index is 15.0. The van der Waals surface area contributed by atoms with E-state index < -0.39 is 21.7 Å². The van der Waals surface area contributed by atoms with Crippen LogP contribution in [0.2, 0.25) is 0 Å². The second-order valence-corrected chi connectivity index (χ2v) is 11.3. The number of nitrogens with zero attached hydrogens (tertiary/aromatic N) is 2. The maximum atomic E-state index is 15.0. The van der Waals surface area contributed by atoms with Crippen LogP contribution in [0.5, 0.6) is 5.75 Å². The summed E-state index contributed by atoms with van der Waals surface area (Å²) in [4.78, 5) is 14.9. The number of ether oxygens (including phenoxy) is 1. The number of amides is 1. The normalized spacial score (nSPS) is 20.1. The van der Waals surface area contributed by atoms with Gasteiger partial charge in [0, 0.05) is 25.7 Å². The third kappa shape index (κ3) is 5.41. The van der Waals surface area contributed by atoms with E-state index in [9.17, 15) is 22.0 Å².